The Morgan fingerprint density at radius 2 is 1.58 bits per heavy atom. The van der Waals surface area contributed by atoms with Crippen LogP contribution in [0.3, 0.4) is 0 Å². The van der Waals surface area contributed by atoms with Gasteiger partial charge in [0, 0.05) is 0 Å². The normalized spacial score (nSPS) is 12.2. The van der Waals surface area contributed by atoms with Crippen LogP contribution >= 0.6 is 0 Å². The van der Waals surface area contributed by atoms with Crippen LogP contribution in [0.15, 0.2) is 0 Å². The van der Waals surface area contributed by atoms with Crippen molar-refractivity contribution in [2.24, 2.45) is 0 Å². The summed E-state index contributed by atoms with van der Waals surface area (Å²) < 4.78 is 0. The van der Waals surface area contributed by atoms with Gasteiger partial charge in [-0.2, -0.15) is 0 Å². The maximum absolute atomic E-state index is 8.96. The van der Waals surface area contributed by atoms with E-state index in [2.05, 4.69) is 6.92 Å². The molecule has 0 fully saturated rings. The average Bonchev–Trinajstić information content (AvgIpc) is 1.96. The zero-order valence-corrected chi connectivity index (χ0v) is 11.0. The SMILES string of the molecule is CCCCCCCCC(C)O.[H-].[Na+]. The molecule has 0 bridgehead atoms. The quantitative estimate of drug-likeness (QED) is 0.441. The summed E-state index contributed by atoms with van der Waals surface area (Å²) in [6, 6.07) is 0. The first kappa shape index (κ1) is 15.4. The second-order valence-corrected chi connectivity index (χ2v) is 3.41. The van der Waals surface area contributed by atoms with Gasteiger partial charge in [-0.3, -0.25) is 0 Å². The minimum absolute atomic E-state index is 0. The molecule has 1 atom stereocenters. The molecule has 0 radical (unpaired) electrons. The predicted octanol–water partition coefficient (Wildman–Crippen LogP) is 0.234. The van der Waals surface area contributed by atoms with Crippen molar-refractivity contribution in [3.05, 3.63) is 0 Å². The topological polar surface area (TPSA) is 20.2 Å². The number of rotatable bonds is 7. The van der Waals surface area contributed by atoms with Crippen molar-refractivity contribution in [1.29, 1.82) is 0 Å². The minimum atomic E-state index is -0.0961. The summed E-state index contributed by atoms with van der Waals surface area (Å²) in [6.45, 7) is 4.10. The second kappa shape index (κ2) is 12.0. The second-order valence-electron chi connectivity index (χ2n) is 3.41. The number of unbranched alkanes of at least 4 members (excludes halogenated alkanes) is 5. The molecule has 1 nitrogen and oxygen atoms in total. The summed E-state index contributed by atoms with van der Waals surface area (Å²) in [5.74, 6) is 0. The fourth-order valence-corrected chi connectivity index (χ4v) is 1.22. The van der Waals surface area contributed by atoms with E-state index in [1.165, 1.54) is 38.5 Å². The number of hydrogen-bond donors (Lipinski definition) is 1. The van der Waals surface area contributed by atoms with Crippen LogP contribution in [0.25, 0.3) is 0 Å². The van der Waals surface area contributed by atoms with Gasteiger partial charge in [-0.1, -0.05) is 45.4 Å². The zero-order chi connectivity index (χ0) is 8.53. The van der Waals surface area contributed by atoms with Crippen LogP contribution in [0.5, 0.6) is 0 Å². The predicted molar refractivity (Wildman–Crippen MR) is 50.8 cm³/mol. The van der Waals surface area contributed by atoms with E-state index in [1.807, 2.05) is 6.92 Å². The molecule has 2 heteroatoms. The molecule has 12 heavy (non-hydrogen) atoms. The smallest absolute Gasteiger partial charge is 1.00 e. The first-order valence-electron chi connectivity index (χ1n) is 4.95. The van der Waals surface area contributed by atoms with Crippen molar-refractivity contribution in [3.8, 4) is 0 Å². The Labute approximate surface area is 101 Å². The van der Waals surface area contributed by atoms with E-state index < -0.39 is 0 Å². The van der Waals surface area contributed by atoms with Crippen LogP contribution in [-0.4, -0.2) is 11.2 Å². The van der Waals surface area contributed by atoms with Gasteiger partial charge >= 0.3 is 29.6 Å². The van der Waals surface area contributed by atoms with Crippen molar-refractivity contribution in [2.75, 3.05) is 0 Å². The van der Waals surface area contributed by atoms with Crippen LogP contribution in [0, 0.1) is 0 Å². The Morgan fingerprint density at radius 3 is 2.08 bits per heavy atom. The maximum Gasteiger partial charge on any atom is 1.00 e. The van der Waals surface area contributed by atoms with E-state index in [4.69, 9.17) is 5.11 Å². The third-order valence-corrected chi connectivity index (χ3v) is 1.98. The van der Waals surface area contributed by atoms with Crippen molar-refractivity contribution in [2.45, 2.75) is 64.9 Å². The molecule has 0 amide bonds. The van der Waals surface area contributed by atoms with Crippen molar-refractivity contribution in [3.63, 3.8) is 0 Å². The molecule has 1 unspecified atom stereocenters. The summed E-state index contributed by atoms with van der Waals surface area (Å²) in [4.78, 5) is 0. The molecular formula is C10H23NaO. The summed E-state index contributed by atoms with van der Waals surface area (Å²) in [6.07, 6.45) is 8.78. The molecule has 0 saturated carbocycles. The van der Waals surface area contributed by atoms with Crippen LogP contribution in [0.2, 0.25) is 0 Å². The van der Waals surface area contributed by atoms with Crippen LogP contribution in [-0.2, 0) is 0 Å². The largest absolute Gasteiger partial charge is 1.00 e. The zero-order valence-electron chi connectivity index (χ0n) is 9.97. The van der Waals surface area contributed by atoms with Crippen molar-refractivity contribution < 1.29 is 36.1 Å². The fourth-order valence-electron chi connectivity index (χ4n) is 1.22. The van der Waals surface area contributed by atoms with E-state index in [0.717, 1.165) is 6.42 Å². The van der Waals surface area contributed by atoms with Gasteiger partial charge in [0.2, 0.25) is 0 Å². The minimum Gasteiger partial charge on any atom is -1.00 e. The number of hydrogen-bond acceptors (Lipinski definition) is 1. The maximum atomic E-state index is 8.96. The van der Waals surface area contributed by atoms with E-state index in [1.54, 1.807) is 0 Å². The Bertz CT molecular complexity index is 79.3. The number of aliphatic hydroxyl groups excluding tert-OH is 1. The van der Waals surface area contributed by atoms with Crippen LogP contribution < -0.4 is 29.6 Å². The van der Waals surface area contributed by atoms with E-state index in [-0.39, 0.29) is 37.1 Å². The molecule has 0 aliphatic rings. The molecule has 1 N–H and O–H groups in total. The van der Waals surface area contributed by atoms with E-state index in [9.17, 15) is 0 Å². The van der Waals surface area contributed by atoms with Gasteiger partial charge in [-0.25, -0.2) is 0 Å². The van der Waals surface area contributed by atoms with Crippen molar-refractivity contribution in [1.82, 2.24) is 0 Å². The number of aliphatic hydroxyl groups is 1. The third-order valence-electron chi connectivity index (χ3n) is 1.98. The Morgan fingerprint density at radius 1 is 1.08 bits per heavy atom. The molecule has 0 saturated heterocycles. The van der Waals surface area contributed by atoms with Gasteiger partial charge in [-0.05, 0) is 13.3 Å². The van der Waals surface area contributed by atoms with Gasteiger partial charge in [0.05, 0.1) is 6.10 Å². The van der Waals surface area contributed by atoms with Gasteiger partial charge < -0.3 is 6.53 Å². The summed E-state index contributed by atoms with van der Waals surface area (Å²) >= 11 is 0. The molecule has 0 aromatic carbocycles. The standard InChI is InChI=1S/C10H22O.Na.H/c1-3-4-5-6-7-8-9-10(2)11;;/h10-11H,3-9H2,1-2H3;;/q;+1;-1. The van der Waals surface area contributed by atoms with Gasteiger partial charge in [0.15, 0.2) is 0 Å². The summed E-state index contributed by atoms with van der Waals surface area (Å²) in [5.41, 5.74) is 0. The molecule has 0 rings (SSSR count). The average molecular weight is 182 g/mol. The van der Waals surface area contributed by atoms with Gasteiger partial charge in [-0.15, -0.1) is 0 Å². The molecule has 0 aliphatic carbocycles. The third kappa shape index (κ3) is 13.5. The van der Waals surface area contributed by atoms with Crippen molar-refractivity contribution >= 4 is 0 Å². The summed E-state index contributed by atoms with van der Waals surface area (Å²) in [7, 11) is 0. The van der Waals surface area contributed by atoms with E-state index in [0.29, 0.717) is 0 Å². The monoisotopic (exact) mass is 182 g/mol. The Balaban J connectivity index is -0.000000500. The molecule has 0 aromatic heterocycles. The first-order chi connectivity index (χ1) is 5.27. The van der Waals surface area contributed by atoms with Gasteiger partial charge in [0.25, 0.3) is 0 Å². The molecule has 70 valence electrons. The van der Waals surface area contributed by atoms with Gasteiger partial charge in [0.1, 0.15) is 0 Å². The molecule has 0 aromatic rings. The molecule has 0 heterocycles. The van der Waals surface area contributed by atoms with Crippen LogP contribution in [0.1, 0.15) is 60.2 Å². The molecule has 0 spiro atoms. The Hall–Kier alpha value is 0.960. The Kier molecular flexibility index (Phi) is 15.4. The molecule has 0 aliphatic heterocycles. The first-order valence-corrected chi connectivity index (χ1v) is 4.95. The fraction of sp³-hybridized carbons (Fsp3) is 1.00. The van der Waals surface area contributed by atoms with E-state index >= 15 is 0 Å². The molecular weight excluding hydrogens is 159 g/mol. The summed E-state index contributed by atoms with van der Waals surface area (Å²) in [5, 5.41) is 8.96. The van der Waals surface area contributed by atoms with Crippen LogP contribution in [0.4, 0.5) is 0 Å².